The number of ketones is 1. The lowest BCUT2D eigenvalue weighted by molar-refractivity contribution is 0.0697. The van der Waals surface area contributed by atoms with Crippen LogP contribution in [0, 0.1) is 6.92 Å². The Labute approximate surface area is 168 Å². The predicted molar refractivity (Wildman–Crippen MR) is 104 cm³/mol. The van der Waals surface area contributed by atoms with Crippen LogP contribution >= 0.6 is 11.6 Å². The van der Waals surface area contributed by atoms with Gasteiger partial charge in [0.25, 0.3) is 5.91 Å². The number of benzene rings is 1. The molecule has 2 heterocycles. The summed E-state index contributed by atoms with van der Waals surface area (Å²) in [6.07, 6.45) is 0. The van der Waals surface area contributed by atoms with Gasteiger partial charge in [-0.15, -0.1) is 0 Å². The van der Waals surface area contributed by atoms with E-state index in [0.29, 0.717) is 16.8 Å². The molecule has 8 nitrogen and oxygen atoms in total. The molecule has 0 unspecified atom stereocenters. The van der Waals surface area contributed by atoms with Crippen LogP contribution in [-0.4, -0.2) is 65.3 Å². The zero-order chi connectivity index (χ0) is 20.6. The Kier molecular flexibility index (Phi) is 5.60. The summed E-state index contributed by atoms with van der Waals surface area (Å²) < 4.78 is 28.4. The van der Waals surface area contributed by atoms with E-state index in [1.54, 1.807) is 18.9 Å². The number of hydrogen-bond acceptors (Lipinski definition) is 5. The maximum Gasteiger partial charge on any atom is 0.258 e. The van der Waals surface area contributed by atoms with Crippen LogP contribution in [0.15, 0.2) is 29.2 Å². The fourth-order valence-electron chi connectivity index (χ4n) is 3.17. The van der Waals surface area contributed by atoms with Gasteiger partial charge in [-0.3, -0.25) is 14.3 Å². The minimum atomic E-state index is -3.69. The maximum atomic E-state index is 12.8. The van der Waals surface area contributed by atoms with E-state index in [4.69, 9.17) is 11.6 Å². The molecule has 28 heavy (non-hydrogen) atoms. The summed E-state index contributed by atoms with van der Waals surface area (Å²) in [4.78, 5) is 25.8. The number of Topliss-reactive ketones (excluding diaryl/α,β-unsaturated/α-hetero) is 1. The molecular formula is C18H21ClN4O4S. The topological polar surface area (TPSA) is 92.6 Å². The molecule has 1 saturated heterocycles. The molecular weight excluding hydrogens is 404 g/mol. The third-order valence-corrected chi connectivity index (χ3v) is 7.14. The van der Waals surface area contributed by atoms with Gasteiger partial charge in [0.2, 0.25) is 10.0 Å². The average Bonchev–Trinajstić information content (AvgIpc) is 2.93. The molecule has 0 atom stereocenters. The largest absolute Gasteiger partial charge is 0.336 e. The molecule has 1 aliphatic rings. The number of carbonyl (C=O) groups excluding carboxylic acids is 2. The third-order valence-electron chi connectivity index (χ3n) is 4.79. The highest BCUT2D eigenvalue weighted by molar-refractivity contribution is 7.89. The van der Waals surface area contributed by atoms with Gasteiger partial charge in [0.05, 0.1) is 16.2 Å². The van der Waals surface area contributed by atoms with Crippen LogP contribution in [0.3, 0.4) is 0 Å². The van der Waals surface area contributed by atoms with Gasteiger partial charge in [0.1, 0.15) is 5.15 Å². The Morgan fingerprint density at radius 3 is 2.11 bits per heavy atom. The minimum Gasteiger partial charge on any atom is -0.336 e. The van der Waals surface area contributed by atoms with Gasteiger partial charge in [-0.2, -0.15) is 9.40 Å². The lowest BCUT2D eigenvalue weighted by Gasteiger charge is -2.34. The van der Waals surface area contributed by atoms with Crippen molar-refractivity contribution in [2.45, 2.75) is 18.7 Å². The number of halogens is 1. The highest BCUT2D eigenvalue weighted by atomic mass is 35.5. The van der Waals surface area contributed by atoms with Crippen molar-refractivity contribution >= 4 is 33.3 Å². The van der Waals surface area contributed by atoms with Crippen molar-refractivity contribution in [2.75, 3.05) is 26.2 Å². The minimum absolute atomic E-state index is 0.125. The van der Waals surface area contributed by atoms with Crippen LogP contribution in [0.25, 0.3) is 0 Å². The molecule has 0 radical (unpaired) electrons. The summed E-state index contributed by atoms with van der Waals surface area (Å²) >= 11 is 6.17. The molecule has 1 aromatic heterocycles. The molecule has 1 aromatic carbocycles. The Morgan fingerprint density at radius 2 is 1.64 bits per heavy atom. The van der Waals surface area contributed by atoms with Gasteiger partial charge < -0.3 is 4.90 Å². The van der Waals surface area contributed by atoms with Crippen LogP contribution in [0.2, 0.25) is 5.15 Å². The molecule has 10 heteroatoms. The summed E-state index contributed by atoms with van der Waals surface area (Å²) in [6, 6.07) is 5.87. The van der Waals surface area contributed by atoms with Crippen molar-refractivity contribution in [1.82, 2.24) is 19.0 Å². The van der Waals surface area contributed by atoms with Crippen LogP contribution in [0.5, 0.6) is 0 Å². The first-order valence-electron chi connectivity index (χ1n) is 8.72. The zero-order valence-electron chi connectivity index (χ0n) is 15.8. The zero-order valence-corrected chi connectivity index (χ0v) is 17.4. The summed E-state index contributed by atoms with van der Waals surface area (Å²) in [7, 11) is -2.03. The van der Waals surface area contributed by atoms with Crippen molar-refractivity contribution < 1.29 is 18.0 Å². The summed E-state index contributed by atoms with van der Waals surface area (Å²) in [6.45, 7) is 4.02. The quantitative estimate of drug-likeness (QED) is 0.697. The number of rotatable bonds is 4. The smallest absolute Gasteiger partial charge is 0.258 e. The second-order valence-electron chi connectivity index (χ2n) is 6.65. The standard InChI is InChI=1S/C18H21ClN4O4S/c1-12-16(17(19)21(3)20-12)18(25)22-8-10-23(11-9-22)28(26,27)15-6-4-14(5-7-15)13(2)24/h4-7H,8-11H2,1-3H3. The Morgan fingerprint density at radius 1 is 1.07 bits per heavy atom. The number of carbonyl (C=O) groups is 2. The van der Waals surface area contributed by atoms with Gasteiger partial charge in [0.15, 0.2) is 5.78 Å². The van der Waals surface area contributed by atoms with Gasteiger partial charge >= 0.3 is 0 Å². The van der Waals surface area contributed by atoms with E-state index in [1.165, 1.54) is 40.2 Å². The van der Waals surface area contributed by atoms with Gasteiger partial charge in [-0.05, 0) is 26.0 Å². The number of sulfonamides is 1. The van der Waals surface area contributed by atoms with Crippen molar-refractivity contribution in [3.8, 4) is 0 Å². The van der Waals surface area contributed by atoms with E-state index >= 15 is 0 Å². The first-order valence-corrected chi connectivity index (χ1v) is 10.5. The van der Waals surface area contributed by atoms with Crippen molar-refractivity contribution in [3.63, 3.8) is 0 Å². The Balaban J connectivity index is 1.72. The molecule has 1 amide bonds. The summed E-state index contributed by atoms with van der Waals surface area (Å²) in [5, 5.41) is 4.41. The number of piperazine rings is 1. The van der Waals surface area contributed by atoms with E-state index in [0.717, 1.165) is 0 Å². The molecule has 3 rings (SSSR count). The Bertz CT molecular complexity index is 1020. The highest BCUT2D eigenvalue weighted by Crippen LogP contribution is 2.23. The Hall–Kier alpha value is -2.23. The van der Waals surface area contributed by atoms with E-state index in [1.807, 2.05) is 0 Å². The van der Waals surface area contributed by atoms with Gasteiger partial charge in [-0.25, -0.2) is 8.42 Å². The fourth-order valence-corrected chi connectivity index (χ4v) is 4.85. The monoisotopic (exact) mass is 424 g/mol. The molecule has 1 fully saturated rings. The highest BCUT2D eigenvalue weighted by Gasteiger charge is 2.32. The van der Waals surface area contributed by atoms with E-state index in [2.05, 4.69) is 5.10 Å². The number of nitrogens with zero attached hydrogens (tertiary/aromatic N) is 4. The molecule has 2 aromatic rings. The van der Waals surface area contributed by atoms with E-state index in [-0.39, 0.29) is 47.9 Å². The molecule has 0 aliphatic carbocycles. The number of hydrogen-bond donors (Lipinski definition) is 0. The number of amides is 1. The van der Waals surface area contributed by atoms with E-state index in [9.17, 15) is 18.0 Å². The maximum absolute atomic E-state index is 12.8. The molecule has 0 saturated carbocycles. The van der Waals surface area contributed by atoms with Gasteiger partial charge in [0, 0.05) is 38.8 Å². The van der Waals surface area contributed by atoms with E-state index < -0.39 is 10.0 Å². The average molecular weight is 425 g/mol. The van der Waals surface area contributed by atoms with Crippen molar-refractivity contribution in [1.29, 1.82) is 0 Å². The molecule has 0 bridgehead atoms. The molecule has 0 N–H and O–H groups in total. The molecule has 0 spiro atoms. The first-order chi connectivity index (χ1) is 13.1. The molecule has 150 valence electrons. The fraction of sp³-hybridized carbons (Fsp3) is 0.389. The SMILES string of the molecule is CC(=O)c1ccc(S(=O)(=O)N2CCN(C(=O)c3c(C)nn(C)c3Cl)CC2)cc1. The third kappa shape index (κ3) is 3.69. The normalized spacial score (nSPS) is 15.6. The van der Waals surface area contributed by atoms with Crippen molar-refractivity contribution in [2.24, 2.45) is 7.05 Å². The lowest BCUT2D eigenvalue weighted by Crippen LogP contribution is -2.50. The predicted octanol–water partition coefficient (Wildman–Crippen LogP) is 1.73. The van der Waals surface area contributed by atoms with Crippen LogP contribution < -0.4 is 0 Å². The second kappa shape index (κ2) is 7.65. The van der Waals surface area contributed by atoms with Gasteiger partial charge in [-0.1, -0.05) is 23.7 Å². The van der Waals surface area contributed by atoms with Crippen LogP contribution in [0.4, 0.5) is 0 Å². The van der Waals surface area contributed by atoms with Crippen LogP contribution in [0.1, 0.15) is 33.3 Å². The summed E-state index contributed by atoms with van der Waals surface area (Å²) in [5.41, 5.74) is 1.34. The summed E-state index contributed by atoms with van der Waals surface area (Å²) in [5.74, 6) is -0.376. The molecule has 1 aliphatic heterocycles. The van der Waals surface area contributed by atoms with Crippen LogP contribution in [-0.2, 0) is 17.1 Å². The van der Waals surface area contributed by atoms with Crippen molar-refractivity contribution in [3.05, 3.63) is 46.2 Å². The number of aromatic nitrogens is 2. The number of aryl methyl sites for hydroxylation is 2. The first kappa shape index (κ1) is 20.5. The second-order valence-corrected chi connectivity index (χ2v) is 8.95. The lowest BCUT2D eigenvalue weighted by atomic mass is 10.2.